The van der Waals surface area contributed by atoms with Crippen molar-refractivity contribution in [1.82, 2.24) is 20.0 Å². The Morgan fingerprint density at radius 3 is 2.71 bits per heavy atom. The van der Waals surface area contributed by atoms with Crippen molar-refractivity contribution < 1.29 is 14.7 Å². The molecular weight excluding hydrogens is 272 g/mol. The first-order valence-corrected chi connectivity index (χ1v) is 7.10. The van der Waals surface area contributed by atoms with Crippen LogP contribution in [0.4, 0.5) is 4.79 Å². The van der Waals surface area contributed by atoms with Gasteiger partial charge in [0.2, 0.25) is 0 Å². The molecule has 0 saturated carbocycles. The van der Waals surface area contributed by atoms with Crippen LogP contribution >= 0.6 is 0 Å². The lowest BCUT2D eigenvalue weighted by atomic mass is 9.76. The molecule has 7 nitrogen and oxygen atoms in total. The number of aliphatic carboxylic acids is 1. The van der Waals surface area contributed by atoms with Gasteiger partial charge in [-0.25, -0.2) is 4.79 Å². The number of likely N-dealkylation sites (tertiary alicyclic amines) is 1. The van der Waals surface area contributed by atoms with E-state index in [9.17, 15) is 14.7 Å². The Kier molecular flexibility index (Phi) is 4.20. The number of rotatable bonds is 4. The van der Waals surface area contributed by atoms with Gasteiger partial charge in [0.25, 0.3) is 0 Å². The van der Waals surface area contributed by atoms with E-state index in [0.29, 0.717) is 19.5 Å². The molecule has 0 bridgehead atoms. The van der Waals surface area contributed by atoms with E-state index in [1.165, 1.54) is 0 Å². The van der Waals surface area contributed by atoms with Gasteiger partial charge in [0.05, 0.1) is 17.7 Å². The fraction of sp³-hybridized carbons (Fsp3) is 0.643. The van der Waals surface area contributed by atoms with Gasteiger partial charge in [0, 0.05) is 26.3 Å². The van der Waals surface area contributed by atoms with Crippen LogP contribution in [0.25, 0.3) is 0 Å². The first kappa shape index (κ1) is 15.3. The third-order valence-corrected chi connectivity index (χ3v) is 4.46. The van der Waals surface area contributed by atoms with Crippen molar-refractivity contribution >= 4 is 12.0 Å². The van der Waals surface area contributed by atoms with E-state index >= 15 is 0 Å². The monoisotopic (exact) mass is 294 g/mol. The molecule has 116 valence electrons. The highest BCUT2D eigenvalue weighted by molar-refractivity contribution is 5.80. The molecule has 1 unspecified atom stereocenters. The summed E-state index contributed by atoms with van der Waals surface area (Å²) in [5.74, 6) is -0.829. The van der Waals surface area contributed by atoms with Crippen LogP contribution in [0.2, 0.25) is 0 Å². The highest BCUT2D eigenvalue weighted by Gasteiger charge is 2.48. The van der Waals surface area contributed by atoms with Crippen LogP contribution < -0.4 is 5.32 Å². The fourth-order valence-corrected chi connectivity index (χ4v) is 2.75. The molecule has 0 aromatic carbocycles. The summed E-state index contributed by atoms with van der Waals surface area (Å²) < 4.78 is 1.69. The molecule has 0 radical (unpaired) electrons. The standard InChI is InChI=1S/C14H22N4O3/c1-10(2)14(12(19)20)5-7-18(9-14)13(21)15-8-11-4-6-16-17(11)3/h4,6,10H,5,7-9H2,1-3H3,(H,15,21)(H,19,20). The zero-order valence-corrected chi connectivity index (χ0v) is 12.7. The zero-order valence-electron chi connectivity index (χ0n) is 12.7. The number of carboxylic acids is 1. The minimum absolute atomic E-state index is 0.00938. The molecule has 2 rings (SSSR count). The summed E-state index contributed by atoms with van der Waals surface area (Å²) in [6.07, 6.45) is 2.17. The summed E-state index contributed by atoms with van der Waals surface area (Å²) in [6.45, 7) is 4.91. The molecule has 1 aromatic heterocycles. The second kappa shape index (κ2) is 5.75. The molecule has 21 heavy (non-hydrogen) atoms. The van der Waals surface area contributed by atoms with Crippen molar-refractivity contribution in [3.63, 3.8) is 0 Å². The number of carboxylic acid groups (broad SMARTS) is 1. The molecule has 1 saturated heterocycles. The van der Waals surface area contributed by atoms with Crippen molar-refractivity contribution in [3.8, 4) is 0 Å². The molecule has 2 amide bonds. The summed E-state index contributed by atoms with van der Waals surface area (Å²) >= 11 is 0. The van der Waals surface area contributed by atoms with Gasteiger partial charge in [-0.05, 0) is 18.4 Å². The van der Waals surface area contributed by atoms with E-state index in [2.05, 4.69) is 10.4 Å². The van der Waals surface area contributed by atoms with Gasteiger partial charge in [-0.2, -0.15) is 5.10 Å². The maximum Gasteiger partial charge on any atom is 0.317 e. The van der Waals surface area contributed by atoms with E-state index in [0.717, 1.165) is 5.69 Å². The van der Waals surface area contributed by atoms with E-state index in [-0.39, 0.29) is 18.5 Å². The molecule has 2 heterocycles. The number of nitrogens with zero attached hydrogens (tertiary/aromatic N) is 3. The third kappa shape index (κ3) is 2.86. The van der Waals surface area contributed by atoms with Crippen LogP contribution in [0, 0.1) is 11.3 Å². The van der Waals surface area contributed by atoms with E-state index in [1.807, 2.05) is 27.0 Å². The Morgan fingerprint density at radius 2 is 2.24 bits per heavy atom. The van der Waals surface area contributed by atoms with Crippen molar-refractivity contribution in [3.05, 3.63) is 18.0 Å². The third-order valence-electron chi connectivity index (χ3n) is 4.46. The van der Waals surface area contributed by atoms with Gasteiger partial charge in [-0.15, -0.1) is 0 Å². The number of carbonyl (C=O) groups excluding carboxylic acids is 1. The minimum atomic E-state index is -0.829. The lowest BCUT2D eigenvalue weighted by molar-refractivity contribution is -0.150. The topological polar surface area (TPSA) is 87.5 Å². The quantitative estimate of drug-likeness (QED) is 0.869. The second-order valence-electron chi connectivity index (χ2n) is 5.89. The Labute approximate surface area is 123 Å². The summed E-state index contributed by atoms with van der Waals surface area (Å²) in [7, 11) is 1.81. The molecule has 7 heteroatoms. The number of urea groups is 1. The molecule has 2 N–H and O–H groups in total. The van der Waals surface area contributed by atoms with Crippen LogP contribution in [-0.4, -0.2) is 44.9 Å². The van der Waals surface area contributed by atoms with Gasteiger partial charge in [-0.3, -0.25) is 9.48 Å². The predicted octanol–water partition coefficient (Wildman–Crippen LogP) is 1.06. The zero-order chi connectivity index (χ0) is 15.6. The molecular formula is C14H22N4O3. The molecule has 0 spiro atoms. The molecule has 1 atom stereocenters. The highest BCUT2D eigenvalue weighted by atomic mass is 16.4. The summed E-state index contributed by atoms with van der Waals surface area (Å²) in [4.78, 5) is 25.3. The van der Waals surface area contributed by atoms with Crippen molar-refractivity contribution in [2.24, 2.45) is 18.4 Å². The number of aryl methyl sites for hydroxylation is 1. The molecule has 1 aliphatic heterocycles. The smallest absolute Gasteiger partial charge is 0.317 e. The molecule has 1 aliphatic rings. The van der Waals surface area contributed by atoms with Crippen molar-refractivity contribution in [2.45, 2.75) is 26.8 Å². The maximum atomic E-state index is 12.2. The largest absolute Gasteiger partial charge is 0.481 e. The summed E-state index contributed by atoms with van der Waals surface area (Å²) in [5.41, 5.74) is 0.0695. The number of nitrogens with one attached hydrogen (secondary N) is 1. The number of aromatic nitrogens is 2. The summed E-state index contributed by atoms with van der Waals surface area (Å²) in [6, 6.07) is 1.61. The predicted molar refractivity (Wildman–Crippen MR) is 76.5 cm³/mol. The van der Waals surface area contributed by atoms with Crippen LogP contribution in [-0.2, 0) is 18.4 Å². The second-order valence-corrected chi connectivity index (χ2v) is 5.89. The van der Waals surface area contributed by atoms with Crippen LogP contribution in [0.5, 0.6) is 0 Å². The van der Waals surface area contributed by atoms with Gasteiger partial charge < -0.3 is 15.3 Å². The number of carbonyl (C=O) groups is 2. The molecule has 0 aliphatic carbocycles. The first-order valence-electron chi connectivity index (χ1n) is 7.10. The molecule has 1 fully saturated rings. The van der Waals surface area contributed by atoms with E-state index in [4.69, 9.17) is 0 Å². The average Bonchev–Trinajstić information content (AvgIpc) is 3.03. The molecule has 1 aromatic rings. The first-order chi connectivity index (χ1) is 9.86. The van der Waals surface area contributed by atoms with Crippen molar-refractivity contribution in [2.75, 3.05) is 13.1 Å². The Hall–Kier alpha value is -2.05. The van der Waals surface area contributed by atoms with E-state index in [1.54, 1.807) is 15.8 Å². The number of amides is 2. The minimum Gasteiger partial charge on any atom is -0.481 e. The normalized spacial score (nSPS) is 21.8. The SMILES string of the molecule is CC(C)C1(C(=O)O)CCN(C(=O)NCc2ccnn2C)C1. The van der Waals surface area contributed by atoms with Crippen LogP contribution in [0.15, 0.2) is 12.3 Å². The Morgan fingerprint density at radius 1 is 1.52 bits per heavy atom. The van der Waals surface area contributed by atoms with Gasteiger partial charge in [-0.1, -0.05) is 13.8 Å². The number of hydrogen-bond donors (Lipinski definition) is 2. The lowest BCUT2D eigenvalue weighted by Crippen LogP contribution is -2.43. The van der Waals surface area contributed by atoms with Crippen LogP contribution in [0.1, 0.15) is 26.0 Å². The van der Waals surface area contributed by atoms with E-state index < -0.39 is 11.4 Å². The van der Waals surface area contributed by atoms with Gasteiger partial charge in [0.1, 0.15) is 0 Å². The highest BCUT2D eigenvalue weighted by Crippen LogP contribution is 2.38. The average molecular weight is 294 g/mol. The fourth-order valence-electron chi connectivity index (χ4n) is 2.75. The van der Waals surface area contributed by atoms with Crippen LogP contribution in [0.3, 0.4) is 0 Å². The maximum absolute atomic E-state index is 12.2. The summed E-state index contributed by atoms with van der Waals surface area (Å²) in [5, 5.41) is 16.3. The Balaban J connectivity index is 1.96. The van der Waals surface area contributed by atoms with Crippen molar-refractivity contribution in [1.29, 1.82) is 0 Å². The number of hydrogen-bond acceptors (Lipinski definition) is 3. The lowest BCUT2D eigenvalue weighted by Gasteiger charge is -2.28. The Bertz CT molecular complexity index is 540. The van der Waals surface area contributed by atoms with Gasteiger partial charge in [0.15, 0.2) is 0 Å². The van der Waals surface area contributed by atoms with Gasteiger partial charge >= 0.3 is 12.0 Å².